The van der Waals surface area contributed by atoms with Crippen LogP contribution in [0.4, 0.5) is 0 Å². The number of hydrogen-bond acceptors (Lipinski definition) is 5. The van der Waals surface area contributed by atoms with E-state index in [1.165, 1.54) is 20.4 Å². The second-order valence-electron chi connectivity index (χ2n) is 4.87. The van der Waals surface area contributed by atoms with Crippen molar-refractivity contribution in [3.05, 3.63) is 52.0 Å². The van der Waals surface area contributed by atoms with Crippen molar-refractivity contribution in [2.45, 2.75) is 6.42 Å². The first kappa shape index (κ1) is 17.8. The zero-order valence-electron chi connectivity index (χ0n) is 13.2. The van der Waals surface area contributed by atoms with E-state index in [0.717, 1.165) is 10.0 Å². The Bertz CT molecular complexity index is 720. The van der Waals surface area contributed by atoms with Crippen LogP contribution in [0.5, 0.6) is 17.2 Å². The summed E-state index contributed by atoms with van der Waals surface area (Å²) in [6.45, 7) is 0. The van der Waals surface area contributed by atoms with Crippen molar-refractivity contribution in [3.8, 4) is 17.2 Å². The van der Waals surface area contributed by atoms with E-state index in [9.17, 15) is 9.90 Å². The third-order valence-corrected chi connectivity index (χ3v) is 3.71. The predicted octanol–water partition coefficient (Wildman–Crippen LogP) is 2.86. The topological polar surface area (TPSA) is 80.2 Å². The van der Waals surface area contributed by atoms with Crippen LogP contribution in [0.25, 0.3) is 0 Å². The number of benzene rings is 2. The molecule has 1 amide bonds. The molecule has 2 aromatic carbocycles. The standard InChI is InChI=1S/C17H17BrN2O4/c1-23-14-7-12(8-15(24-2)17(14)22)10-19-20-16(21)9-11-3-5-13(18)6-4-11/h3-8,10,22H,9H2,1-2H3,(H,20,21)/b19-10+. The Labute approximate surface area is 148 Å². The van der Waals surface area contributed by atoms with Crippen LogP contribution in [0.15, 0.2) is 46.0 Å². The molecule has 0 heterocycles. The number of carbonyl (C=O) groups excluding carboxylic acids is 1. The van der Waals surface area contributed by atoms with Crippen molar-refractivity contribution in [2.75, 3.05) is 14.2 Å². The molecule has 0 aliphatic rings. The van der Waals surface area contributed by atoms with E-state index in [1.54, 1.807) is 12.1 Å². The number of nitrogens with one attached hydrogen (secondary N) is 1. The summed E-state index contributed by atoms with van der Waals surface area (Å²) in [5, 5.41) is 13.8. The van der Waals surface area contributed by atoms with Crippen molar-refractivity contribution in [3.63, 3.8) is 0 Å². The fourth-order valence-corrected chi connectivity index (χ4v) is 2.26. The Balaban J connectivity index is 2.00. The minimum absolute atomic E-state index is 0.0866. The smallest absolute Gasteiger partial charge is 0.244 e. The molecule has 7 heteroatoms. The first-order valence-corrected chi connectivity index (χ1v) is 7.84. The van der Waals surface area contributed by atoms with Crippen LogP contribution in [0.3, 0.4) is 0 Å². The number of aromatic hydroxyl groups is 1. The molecule has 0 bridgehead atoms. The van der Waals surface area contributed by atoms with Crippen LogP contribution >= 0.6 is 15.9 Å². The molecule has 0 saturated heterocycles. The van der Waals surface area contributed by atoms with Gasteiger partial charge in [-0.2, -0.15) is 5.10 Å². The molecule has 0 unspecified atom stereocenters. The van der Waals surface area contributed by atoms with Crippen LogP contribution < -0.4 is 14.9 Å². The number of phenolic OH excluding ortho intramolecular Hbond substituents is 1. The highest BCUT2D eigenvalue weighted by Crippen LogP contribution is 2.36. The van der Waals surface area contributed by atoms with Crippen LogP contribution in [-0.4, -0.2) is 31.4 Å². The summed E-state index contributed by atoms with van der Waals surface area (Å²) in [5.74, 6) is 0.205. The Morgan fingerprint density at radius 1 is 1.21 bits per heavy atom. The van der Waals surface area contributed by atoms with E-state index in [-0.39, 0.29) is 29.6 Å². The molecular weight excluding hydrogens is 376 g/mol. The lowest BCUT2D eigenvalue weighted by Crippen LogP contribution is -2.19. The van der Waals surface area contributed by atoms with Gasteiger partial charge in [0.1, 0.15) is 0 Å². The molecule has 0 atom stereocenters. The van der Waals surface area contributed by atoms with Gasteiger partial charge in [0, 0.05) is 10.0 Å². The van der Waals surface area contributed by atoms with E-state index >= 15 is 0 Å². The number of phenols is 1. The Hall–Kier alpha value is -2.54. The second-order valence-corrected chi connectivity index (χ2v) is 5.79. The molecule has 24 heavy (non-hydrogen) atoms. The molecule has 0 fully saturated rings. The Morgan fingerprint density at radius 2 is 1.79 bits per heavy atom. The third kappa shape index (κ3) is 4.73. The fourth-order valence-electron chi connectivity index (χ4n) is 1.99. The van der Waals surface area contributed by atoms with Crippen molar-refractivity contribution in [2.24, 2.45) is 5.10 Å². The quantitative estimate of drug-likeness (QED) is 0.584. The van der Waals surface area contributed by atoms with Crippen molar-refractivity contribution < 1.29 is 19.4 Å². The van der Waals surface area contributed by atoms with Crippen molar-refractivity contribution in [1.29, 1.82) is 0 Å². The molecular formula is C17H17BrN2O4. The lowest BCUT2D eigenvalue weighted by atomic mass is 10.1. The highest BCUT2D eigenvalue weighted by atomic mass is 79.9. The molecule has 0 saturated carbocycles. The van der Waals surface area contributed by atoms with E-state index in [1.807, 2.05) is 24.3 Å². The molecule has 6 nitrogen and oxygen atoms in total. The van der Waals surface area contributed by atoms with Gasteiger partial charge in [-0.1, -0.05) is 28.1 Å². The van der Waals surface area contributed by atoms with Crippen LogP contribution in [0, 0.1) is 0 Å². The SMILES string of the molecule is COc1cc(/C=N/NC(=O)Cc2ccc(Br)cc2)cc(OC)c1O. The first-order chi connectivity index (χ1) is 11.5. The zero-order chi connectivity index (χ0) is 17.5. The summed E-state index contributed by atoms with van der Waals surface area (Å²) in [7, 11) is 2.88. The van der Waals surface area contributed by atoms with Gasteiger partial charge in [0.2, 0.25) is 11.7 Å². The van der Waals surface area contributed by atoms with Gasteiger partial charge in [-0.25, -0.2) is 5.43 Å². The number of hydrogen-bond donors (Lipinski definition) is 2. The van der Waals surface area contributed by atoms with Gasteiger partial charge >= 0.3 is 0 Å². The maximum atomic E-state index is 11.9. The number of nitrogens with zero attached hydrogens (tertiary/aromatic N) is 1. The number of carbonyl (C=O) groups is 1. The summed E-state index contributed by atoms with van der Waals surface area (Å²) in [5.41, 5.74) is 3.96. The summed E-state index contributed by atoms with van der Waals surface area (Å²) in [6.07, 6.45) is 1.68. The maximum Gasteiger partial charge on any atom is 0.244 e. The molecule has 0 aromatic heterocycles. The third-order valence-electron chi connectivity index (χ3n) is 3.18. The summed E-state index contributed by atoms with van der Waals surface area (Å²) >= 11 is 3.35. The minimum Gasteiger partial charge on any atom is -0.502 e. The van der Waals surface area contributed by atoms with Gasteiger partial charge in [-0.05, 0) is 29.8 Å². The normalized spacial score (nSPS) is 10.6. The summed E-state index contributed by atoms with van der Waals surface area (Å²) in [6, 6.07) is 10.7. The number of halogens is 1. The van der Waals surface area contributed by atoms with Gasteiger partial charge < -0.3 is 14.6 Å². The van der Waals surface area contributed by atoms with Gasteiger partial charge in [0.25, 0.3) is 0 Å². The monoisotopic (exact) mass is 392 g/mol. The first-order valence-electron chi connectivity index (χ1n) is 7.05. The average molecular weight is 393 g/mol. The molecule has 2 aromatic rings. The Kier molecular flexibility index (Phi) is 6.20. The summed E-state index contributed by atoms with van der Waals surface area (Å²) < 4.78 is 11.1. The fraction of sp³-hybridized carbons (Fsp3) is 0.176. The molecule has 0 aliphatic carbocycles. The molecule has 126 valence electrons. The zero-order valence-corrected chi connectivity index (χ0v) is 14.8. The highest BCUT2D eigenvalue weighted by molar-refractivity contribution is 9.10. The number of rotatable bonds is 6. The largest absolute Gasteiger partial charge is 0.502 e. The number of ether oxygens (including phenoxy) is 2. The number of methoxy groups -OCH3 is 2. The number of amides is 1. The lowest BCUT2D eigenvalue weighted by molar-refractivity contribution is -0.120. The van der Waals surface area contributed by atoms with Crippen LogP contribution in [-0.2, 0) is 11.2 Å². The van der Waals surface area contributed by atoms with E-state index in [4.69, 9.17) is 9.47 Å². The van der Waals surface area contributed by atoms with Crippen LogP contribution in [0.2, 0.25) is 0 Å². The molecule has 0 radical (unpaired) electrons. The van der Waals surface area contributed by atoms with Crippen LogP contribution in [0.1, 0.15) is 11.1 Å². The molecule has 2 N–H and O–H groups in total. The highest BCUT2D eigenvalue weighted by Gasteiger charge is 2.10. The van der Waals surface area contributed by atoms with Gasteiger partial charge in [0.15, 0.2) is 11.5 Å². The van der Waals surface area contributed by atoms with E-state index in [2.05, 4.69) is 26.5 Å². The lowest BCUT2D eigenvalue weighted by Gasteiger charge is -2.09. The van der Waals surface area contributed by atoms with Crippen molar-refractivity contribution >= 4 is 28.1 Å². The van der Waals surface area contributed by atoms with Gasteiger partial charge in [-0.15, -0.1) is 0 Å². The van der Waals surface area contributed by atoms with E-state index in [0.29, 0.717) is 5.56 Å². The second kappa shape index (κ2) is 8.35. The Morgan fingerprint density at radius 3 is 2.33 bits per heavy atom. The summed E-state index contributed by atoms with van der Waals surface area (Å²) in [4.78, 5) is 11.9. The molecule has 2 rings (SSSR count). The maximum absolute atomic E-state index is 11.9. The van der Waals surface area contributed by atoms with E-state index < -0.39 is 0 Å². The van der Waals surface area contributed by atoms with Gasteiger partial charge in [-0.3, -0.25) is 4.79 Å². The van der Waals surface area contributed by atoms with Gasteiger partial charge in [0.05, 0.1) is 26.9 Å². The average Bonchev–Trinajstić information content (AvgIpc) is 2.58. The minimum atomic E-state index is -0.230. The number of hydrazone groups is 1. The van der Waals surface area contributed by atoms with Crippen molar-refractivity contribution in [1.82, 2.24) is 5.43 Å². The molecule has 0 aliphatic heterocycles. The predicted molar refractivity (Wildman–Crippen MR) is 94.8 cm³/mol. The molecule has 0 spiro atoms.